The van der Waals surface area contributed by atoms with Crippen molar-refractivity contribution in [2.24, 2.45) is 5.92 Å². The Labute approximate surface area is 201 Å². The maximum atomic E-state index is 12.5. The second-order valence-electron chi connectivity index (χ2n) is 7.52. The molecule has 3 rings (SSSR count). The molecule has 1 saturated heterocycles. The summed E-state index contributed by atoms with van der Waals surface area (Å²) in [6.45, 7) is 6.54. The van der Waals surface area contributed by atoms with Gasteiger partial charge in [0.1, 0.15) is 0 Å². The molecule has 0 aromatic heterocycles. The van der Waals surface area contributed by atoms with E-state index in [4.69, 9.17) is 23.8 Å². The van der Waals surface area contributed by atoms with E-state index in [9.17, 15) is 9.59 Å². The first-order chi connectivity index (χ1) is 14.8. The van der Waals surface area contributed by atoms with Crippen molar-refractivity contribution in [3.05, 3.63) is 57.5 Å². The van der Waals surface area contributed by atoms with E-state index >= 15 is 0 Å². The molecule has 0 atom stereocenters. The lowest BCUT2D eigenvalue weighted by atomic mass is 10.1. The van der Waals surface area contributed by atoms with Gasteiger partial charge in [-0.2, -0.15) is 0 Å². The van der Waals surface area contributed by atoms with Crippen molar-refractivity contribution in [1.29, 1.82) is 0 Å². The summed E-state index contributed by atoms with van der Waals surface area (Å²) >= 11 is 15.0. The molecular formula is C22H24BrClN4O2S. The molecule has 2 N–H and O–H groups in total. The highest BCUT2D eigenvalue weighted by molar-refractivity contribution is 9.10. The van der Waals surface area contributed by atoms with Gasteiger partial charge in [-0.15, -0.1) is 0 Å². The maximum Gasteiger partial charge on any atom is 0.258 e. The predicted molar refractivity (Wildman–Crippen MR) is 133 cm³/mol. The zero-order valence-corrected chi connectivity index (χ0v) is 20.5. The van der Waals surface area contributed by atoms with Gasteiger partial charge in [-0.05, 0) is 58.5 Å². The van der Waals surface area contributed by atoms with Crippen LogP contribution < -0.4 is 15.5 Å². The summed E-state index contributed by atoms with van der Waals surface area (Å²) in [4.78, 5) is 28.9. The third-order valence-electron chi connectivity index (χ3n) is 4.98. The van der Waals surface area contributed by atoms with Crippen LogP contribution in [0.1, 0.15) is 24.2 Å². The summed E-state index contributed by atoms with van der Waals surface area (Å²) < 4.78 is 0.688. The van der Waals surface area contributed by atoms with Gasteiger partial charge < -0.3 is 15.1 Å². The molecule has 31 heavy (non-hydrogen) atoms. The van der Waals surface area contributed by atoms with Crippen LogP contribution in [0.3, 0.4) is 0 Å². The smallest absolute Gasteiger partial charge is 0.258 e. The Morgan fingerprint density at radius 2 is 1.77 bits per heavy atom. The lowest BCUT2D eigenvalue weighted by molar-refractivity contribution is -0.134. The van der Waals surface area contributed by atoms with Crippen LogP contribution in [-0.4, -0.2) is 48.0 Å². The summed E-state index contributed by atoms with van der Waals surface area (Å²) in [5.41, 5.74) is 2.11. The number of carbonyl (C=O) groups excluding carboxylic acids is 2. The minimum Gasteiger partial charge on any atom is -0.366 e. The monoisotopic (exact) mass is 522 g/mol. The Morgan fingerprint density at radius 1 is 1.10 bits per heavy atom. The molecule has 0 radical (unpaired) electrons. The van der Waals surface area contributed by atoms with E-state index in [0.29, 0.717) is 46.9 Å². The predicted octanol–water partition coefficient (Wildman–Crippen LogP) is 4.53. The van der Waals surface area contributed by atoms with Crippen molar-refractivity contribution >= 4 is 68.1 Å². The zero-order chi connectivity index (χ0) is 22.5. The fourth-order valence-electron chi connectivity index (χ4n) is 3.39. The molecule has 2 amide bonds. The number of carbonyl (C=O) groups is 2. The molecule has 164 valence electrons. The third kappa shape index (κ3) is 5.96. The summed E-state index contributed by atoms with van der Waals surface area (Å²) in [7, 11) is 0. The molecule has 1 aliphatic heterocycles. The van der Waals surface area contributed by atoms with Gasteiger partial charge in [-0.3, -0.25) is 14.9 Å². The number of thiocarbonyl (C=S) groups is 1. The molecule has 0 saturated carbocycles. The highest BCUT2D eigenvalue weighted by atomic mass is 79.9. The minimum absolute atomic E-state index is 0.00931. The number of benzene rings is 2. The molecular weight excluding hydrogens is 500 g/mol. The van der Waals surface area contributed by atoms with Crippen LogP contribution in [0.4, 0.5) is 11.4 Å². The molecule has 6 nitrogen and oxygen atoms in total. The van der Waals surface area contributed by atoms with Gasteiger partial charge >= 0.3 is 0 Å². The Hall–Kier alpha value is -2.16. The van der Waals surface area contributed by atoms with Crippen molar-refractivity contribution in [2.45, 2.75) is 13.8 Å². The average molecular weight is 524 g/mol. The Kier molecular flexibility index (Phi) is 7.91. The SMILES string of the molecule is CC(C)C(=O)N1CCN(c2ccc(Cl)cc2NC(=S)NC(=O)c2ccccc2Br)CC1. The van der Waals surface area contributed by atoms with E-state index < -0.39 is 0 Å². The van der Waals surface area contributed by atoms with E-state index in [2.05, 4.69) is 31.5 Å². The highest BCUT2D eigenvalue weighted by Crippen LogP contribution is 2.30. The van der Waals surface area contributed by atoms with E-state index in [1.165, 1.54) is 0 Å². The van der Waals surface area contributed by atoms with Crippen LogP contribution in [-0.2, 0) is 4.79 Å². The zero-order valence-electron chi connectivity index (χ0n) is 17.3. The quantitative estimate of drug-likeness (QED) is 0.577. The first-order valence-corrected chi connectivity index (χ1v) is 11.5. The van der Waals surface area contributed by atoms with E-state index in [-0.39, 0.29) is 22.8 Å². The number of nitrogens with zero attached hydrogens (tertiary/aromatic N) is 2. The van der Waals surface area contributed by atoms with Crippen molar-refractivity contribution in [3.63, 3.8) is 0 Å². The normalized spacial score (nSPS) is 13.8. The molecule has 0 bridgehead atoms. The molecule has 0 aliphatic carbocycles. The largest absolute Gasteiger partial charge is 0.366 e. The number of nitrogens with one attached hydrogen (secondary N) is 2. The second kappa shape index (κ2) is 10.4. The first kappa shape index (κ1) is 23.5. The summed E-state index contributed by atoms with van der Waals surface area (Å²) in [6.07, 6.45) is 0. The molecule has 2 aromatic rings. The number of rotatable bonds is 4. The van der Waals surface area contributed by atoms with Crippen LogP contribution in [0.25, 0.3) is 0 Å². The van der Waals surface area contributed by atoms with Crippen molar-refractivity contribution in [1.82, 2.24) is 10.2 Å². The first-order valence-electron chi connectivity index (χ1n) is 9.96. The lowest BCUT2D eigenvalue weighted by Crippen LogP contribution is -2.50. The molecule has 1 fully saturated rings. The summed E-state index contributed by atoms with van der Waals surface area (Å²) in [5, 5.41) is 6.54. The summed E-state index contributed by atoms with van der Waals surface area (Å²) in [6, 6.07) is 12.6. The summed E-state index contributed by atoms with van der Waals surface area (Å²) in [5.74, 6) is -0.149. The van der Waals surface area contributed by atoms with Crippen LogP contribution in [0, 0.1) is 5.92 Å². The molecule has 9 heteroatoms. The van der Waals surface area contributed by atoms with E-state index in [1.807, 2.05) is 36.9 Å². The Morgan fingerprint density at radius 3 is 2.42 bits per heavy atom. The lowest BCUT2D eigenvalue weighted by Gasteiger charge is -2.37. The molecule has 0 spiro atoms. The fourth-order valence-corrected chi connectivity index (χ4v) is 4.23. The van der Waals surface area contributed by atoms with Gasteiger partial charge in [0.2, 0.25) is 5.91 Å². The van der Waals surface area contributed by atoms with Crippen molar-refractivity contribution < 1.29 is 9.59 Å². The second-order valence-corrected chi connectivity index (χ2v) is 9.22. The van der Waals surface area contributed by atoms with Gasteiger partial charge in [0, 0.05) is 41.6 Å². The minimum atomic E-state index is -0.311. The standard InChI is InChI=1S/C22H24BrClN4O2S/c1-14(2)21(30)28-11-9-27(10-12-28)19-8-7-15(24)13-18(19)25-22(31)26-20(29)16-5-3-4-6-17(16)23/h3-8,13-14H,9-12H2,1-2H3,(H2,25,26,29,31). The van der Waals surface area contributed by atoms with Crippen molar-refractivity contribution in [2.75, 3.05) is 36.4 Å². The van der Waals surface area contributed by atoms with E-state index in [1.54, 1.807) is 24.3 Å². The topological polar surface area (TPSA) is 64.7 Å². The van der Waals surface area contributed by atoms with Gasteiger partial charge in [0.05, 0.1) is 16.9 Å². The van der Waals surface area contributed by atoms with Gasteiger partial charge in [0.25, 0.3) is 5.91 Å². The molecule has 1 aliphatic rings. The number of piperazine rings is 1. The maximum absolute atomic E-state index is 12.5. The van der Waals surface area contributed by atoms with Crippen LogP contribution >= 0.6 is 39.7 Å². The third-order valence-corrected chi connectivity index (χ3v) is 6.11. The number of halogens is 2. The Balaban J connectivity index is 1.69. The van der Waals surface area contributed by atoms with Crippen molar-refractivity contribution in [3.8, 4) is 0 Å². The van der Waals surface area contributed by atoms with Crippen LogP contribution in [0.15, 0.2) is 46.9 Å². The van der Waals surface area contributed by atoms with Gasteiger partial charge in [-0.1, -0.05) is 37.6 Å². The van der Waals surface area contributed by atoms with Crippen LogP contribution in [0.2, 0.25) is 5.02 Å². The number of anilines is 2. The molecule has 1 heterocycles. The van der Waals surface area contributed by atoms with Gasteiger partial charge in [-0.25, -0.2) is 0 Å². The Bertz CT molecular complexity index is 993. The molecule has 2 aromatic carbocycles. The number of amides is 2. The van der Waals surface area contributed by atoms with E-state index in [0.717, 1.165) is 5.69 Å². The fraction of sp³-hybridized carbons (Fsp3) is 0.318. The number of hydrogen-bond donors (Lipinski definition) is 2. The molecule has 0 unspecified atom stereocenters. The van der Waals surface area contributed by atoms with Crippen LogP contribution in [0.5, 0.6) is 0 Å². The van der Waals surface area contributed by atoms with Gasteiger partial charge in [0.15, 0.2) is 5.11 Å². The highest BCUT2D eigenvalue weighted by Gasteiger charge is 2.24. The average Bonchev–Trinajstić information content (AvgIpc) is 2.73. The number of hydrogen-bond acceptors (Lipinski definition) is 4.